The van der Waals surface area contributed by atoms with Crippen LogP contribution in [0.5, 0.6) is 0 Å². The van der Waals surface area contributed by atoms with E-state index in [1.165, 1.54) is 0 Å². The summed E-state index contributed by atoms with van der Waals surface area (Å²) in [5.74, 6) is 0. The fourth-order valence-electron chi connectivity index (χ4n) is 1.01. The lowest BCUT2D eigenvalue weighted by Crippen LogP contribution is -1.95. The summed E-state index contributed by atoms with van der Waals surface area (Å²) in [5.41, 5.74) is 7.30. The van der Waals surface area contributed by atoms with E-state index in [2.05, 4.69) is 9.97 Å². The summed E-state index contributed by atoms with van der Waals surface area (Å²) in [6.45, 7) is 0.489. The molecule has 6 heteroatoms. The van der Waals surface area contributed by atoms with Crippen molar-refractivity contribution in [1.29, 1.82) is 0 Å². The topological polar surface area (TPSA) is 51.8 Å². The lowest BCUT2D eigenvalue weighted by atomic mass is 10.4. The number of aromatic nitrogens is 2. The summed E-state index contributed by atoms with van der Waals surface area (Å²) in [7, 11) is 0. The Kier molecular flexibility index (Phi) is 6.43. The molecule has 0 saturated carbocycles. The monoisotopic (exact) mass is 263 g/mol. The lowest BCUT2D eigenvalue weighted by molar-refractivity contribution is 1.01. The van der Waals surface area contributed by atoms with Crippen molar-refractivity contribution >= 4 is 36.2 Å². The van der Waals surface area contributed by atoms with Gasteiger partial charge in [-0.2, -0.15) is 0 Å². The molecule has 0 aliphatic carbocycles. The molecule has 2 N–H and O–H groups in total. The molecule has 0 amide bonds. The van der Waals surface area contributed by atoms with Gasteiger partial charge in [0.25, 0.3) is 0 Å². The molecule has 0 unspecified atom stereocenters. The average molecular weight is 264 g/mol. The van der Waals surface area contributed by atoms with E-state index in [1.807, 2.05) is 23.6 Å². The average Bonchev–Trinajstić information content (AvgIpc) is 2.67. The maximum atomic E-state index is 5.46. The predicted octanol–water partition coefficient (Wildman–Crippen LogP) is 2.51. The molecule has 0 saturated heterocycles. The highest BCUT2D eigenvalue weighted by atomic mass is 35.5. The summed E-state index contributed by atoms with van der Waals surface area (Å²) in [5, 5.41) is 2.89. The van der Waals surface area contributed by atoms with Crippen molar-refractivity contribution in [3.8, 4) is 10.7 Å². The molecule has 2 heterocycles. The predicted molar refractivity (Wildman–Crippen MR) is 67.7 cm³/mol. The number of nitrogens with zero attached hydrogens (tertiary/aromatic N) is 2. The Hall–Kier alpha value is -0.680. The van der Waals surface area contributed by atoms with Crippen LogP contribution in [0.1, 0.15) is 5.69 Å². The summed E-state index contributed by atoms with van der Waals surface area (Å²) in [6, 6.07) is 5.78. The SMILES string of the molecule is Cl.Cl.NCc1csc(-c2ccccn2)n1. The summed E-state index contributed by atoms with van der Waals surface area (Å²) < 4.78 is 0. The van der Waals surface area contributed by atoms with Crippen LogP contribution in [0.4, 0.5) is 0 Å². The molecule has 0 aliphatic heterocycles. The van der Waals surface area contributed by atoms with E-state index in [0.29, 0.717) is 6.54 Å². The van der Waals surface area contributed by atoms with Crippen LogP contribution in [-0.4, -0.2) is 9.97 Å². The van der Waals surface area contributed by atoms with Crippen LogP contribution in [0.3, 0.4) is 0 Å². The molecule has 0 bridgehead atoms. The van der Waals surface area contributed by atoms with E-state index >= 15 is 0 Å². The Morgan fingerprint density at radius 2 is 2.07 bits per heavy atom. The van der Waals surface area contributed by atoms with Gasteiger partial charge in [-0.25, -0.2) is 4.98 Å². The number of nitrogens with two attached hydrogens (primary N) is 1. The standard InChI is InChI=1S/C9H9N3S.2ClH/c10-5-7-6-13-9(12-7)8-3-1-2-4-11-8;;/h1-4,6H,5,10H2;2*1H. The van der Waals surface area contributed by atoms with Gasteiger partial charge in [0.2, 0.25) is 0 Å². The Bertz CT molecular complexity index is 391. The zero-order valence-electron chi connectivity index (χ0n) is 7.79. The molecule has 0 aliphatic rings. The second-order valence-electron chi connectivity index (χ2n) is 2.56. The molecule has 3 nitrogen and oxygen atoms in total. The molecule has 0 spiro atoms. The van der Waals surface area contributed by atoms with Crippen molar-refractivity contribution < 1.29 is 0 Å². The van der Waals surface area contributed by atoms with E-state index in [9.17, 15) is 0 Å². The van der Waals surface area contributed by atoms with E-state index in [1.54, 1.807) is 17.5 Å². The largest absolute Gasteiger partial charge is 0.325 e. The van der Waals surface area contributed by atoms with Gasteiger partial charge in [0.05, 0.1) is 11.4 Å². The van der Waals surface area contributed by atoms with Gasteiger partial charge >= 0.3 is 0 Å². The van der Waals surface area contributed by atoms with Gasteiger partial charge in [-0.15, -0.1) is 36.2 Å². The molecular formula is C9H11Cl2N3S. The normalized spacial score (nSPS) is 8.87. The van der Waals surface area contributed by atoms with Crippen LogP contribution >= 0.6 is 36.2 Å². The van der Waals surface area contributed by atoms with Crippen LogP contribution in [-0.2, 0) is 6.54 Å². The van der Waals surface area contributed by atoms with Gasteiger partial charge in [-0.3, -0.25) is 4.98 Å². The van der Waals surface area contributed by atoms with Crippen molar-refractivity contribution in [2.24, 2.45) is 5.73 Å². The molecule has 82 valence electrons. The molecule has 2 aromatic heterocycles. The highest BCUT2D eigenvalue weighted by molar-refractivity contribution is 7.13. The number of hydrogen-bond acceptors (Lipinski definition) is 4. The highest BCUT2D eigenvalue weighted by Gasteiger charge is 2.03. The Morgan fingerprint density at radius 3 is 2.60 bits per heavy atom. The first kappa shape index (κ1) is 14.3. The maximum absolute atomic E-state index is 5.46. The maximum Gasteiger partial charge on any atom is 0.142 e. The first-order valence-electron chi connectivity index (χ1n) is 3.96. The van der Waals surface area contributed by atoms with Crippen LogP contribution in [0.15, 0.2) is 29.8 Å². The number of pyridine rings is 1. The molecule has 15 heavy (non-hydrogen) atoms. The smallest absolute Gasteiger partial charge is 0.142 e. The minimum Gasteiger partial charge on any atom is -0.325 e. The molecule has 2 aromatic rings. The van der Waals surface area contributed by atoms with Gasteiger partial charge in [-0.05, 0) is 12.1 Å². The van der Waals surface area contributed by atoms with Crippen molar-refractivity contribution in [1.82, 2.24) is 9.97 Å². The third kappa shape index (κ3) is 3.43. The highest BCUT2D eigenvalue weighted by Crippen LogP contribution is 2.20. The number of hydrogen-bond donors (Lipinski definition) is 1. The molecule has 0 aromatic carbocycles. The number of rotatable bonds is 2. The minimum atomic E-state index is 0. The van der Waals surface area contributed by atoms with Crippen LogP contribution in [0.2, 0.25) is 0 Å². The Morgan fingerprint density at radius 1 is 1.27 bits per heavy atom. The third-order valence-corrected chi connectivity index (χ3v) is 2.56. The van der Waals surface area contributed by atoms with Gasteiger partial charge in [0, 0.05) is 18.1 Å². The van der Waals surface area contributed by atoms with Gasteiger partial charge in [0.1, 0.15) is 5.01 Å². The first-order valence-corrected chi connectivity index (χ1v) is 4.84. The van der Waals surface area contributed by atoms with E-state index in [4.69, 9.17) is 5.73 Å². The van der Waals surface area contributed by atoms with Crippen molar-refractivity contribution in [2.45, 2.75) is 6.54 Å². The minimum absolute atomic E-state index is 0. The van der Waals surface area contributed by atoms with E-state index < -0.39 is 0 Å². The Balaban J connectivity index is 0.000000980. The molecule has 0 atom stereocenters. The summed E-state index contributed by atoms with van der Waals surface area (Å²) in [4.78, 5) is 8.53. The van der Waals surface area contributed by atoms with E-state index in [-0.39, 0.29) is 24.8 Å². The molecule has 0 fully saturated rings. The van der Waals surface area contributed by atoms with Crippen LogP contribution < -0.4 is 5.73 Å². The van der Waals surface area contributed by atoms with Gasteiger partial charge < -0.3 is 5.73 Å². The fraction of sp³-hybridized carbons (Fsp3) is 0.111. The Labute approximate surface area is 105 Å². The summed E-state index contributed by atoms with van der Waals surface area (Å²) in [6.07, 6.45) is 1.76. The zero-order chi connectivity index (χ0) is 9.10. The molecule has 0 radical (unpaired) electrons. The van der Waals surface area contributed by atoms with Crippen molar-refractivity contribution in [2.75, 3.05) is 0 Å². The van der Waals surface area contributed by atoms with Gasteiger partial charge in [-0.1, -0.05) is 6.07 Å². The van der Waals surface area contributed by atoms with Crippen molar-refractivity contribution in [3.63, 3.8) is 0 Å². The second-order valence-corrected chi connectivity index (χ2v) is 3.42. The molecular weight excluding hydrogens is 253 g/mol. The fourth-order valence-corrected chi connectivity index (χ4v) is 1.82. The zero-order valence-corrected chi connectivity index (χ0v) is 10.2. The first-order chi connectivity index (χ1) is 6.40. The second kappa shape index (κ2) is 6.74. The summed E-state index contributed by atoms with van der Waals surface area (Å²) >= 11 is 1.57. The van der Waals surface area contributed by atoms with Gasteiger partial charge in [0.15, 0.2) is 0 Å². The van der Waals surface area contributed by atoms with Crippen LogP contribution in [0.25, 0.3) is 10.7 Å². The quantitative estimate of drug-likeness (QED) is 0.906. The number of halogens is 2. The van der Waals surface area contributed by atoms with E-state index in [0.717, 1.165) is 16.4 Å². The van der Waals surface area contributed by atoms with Crippen LogP contribution in [0, 0.1) is 0 Å². The van der Waals surface area contributed by atoms with Crippen molar-refractivity contribution in [3.05, 3.63) is 35.5 Å². The third-order valence-electron chi connectivity index (χ3n) is 1.64. The lowest BCUT2D eigenvalue weighted by Gasteiger charge is -1.92. The molecule has 2 rings (SSSR count). The number of thiazole rings is 1.